The van der Waals surface area contributed by atoms with Crippen LogP contribution in [0.25, 0.3) is 10.9 Å². The van der Waals surface area contributed by atoms with Gasteiger partial charge in [-0.2, -0.15) is 0 Å². The van der Waals surface area contributed by atoms with Crippen LogP contribution in [0.2, 0.25) is 0 Å². The topological polar surface area (TPSA) is 85.4 Å². The number of nitrogen functional groups attached to an aromatic ring is 1. The van der Waals surface area contributed by atoms with Crippen molar-refractivity contribution in [3.63, 3.8) is 0 Å². The molecule has 3 rings (SSSR count). The SMILES string of the molecule is CCCO/N=C(\C)c1ccc(N)c(NCc2cc3cccnc3cc2F)n1. The molecule has 2 aromatic heterocycles. The molecule has 0 fully saturated rings. The average Bonchev–Trinajstić information content (AvgIpc) is 2.67. The number of halogens is 1. The van der Waals surface area contributed by atoms with Crippen LogP contribution in [0.3, 0.4) is 0 Å². The van der Waals surface area contributed by atoms with Gasteiger partial charge in [0, 0.05) is 29.8 Å². The maximum absolute atomic E-state index is 14.3. The maximum atomic E-state index is 14.3. The van der Waals surface area contributed by atoms with E-state index in [1.54, 1.807) is 24.4 Å². The Labute approximate surface area is 157 Å². The molecule has 0 spiro atoms. The van der Waals surface area contributed by atoms with Gasteiger partial charge in [-0.1, -0.05) is 18.1 Å². The van der Waals surface area contributed by atoms with Crippen molar-refractivity contribution in [3.8, 4) is 0 Å². The average molecular weight is 367 g/mol. The first kappa shape index (κ1) is 18.6. The lowest BCUT2D eigenvalue weighted by atomic mass is 10.1. The van der Waals surface area contributed by atoms with Crippen molar-refractivity contribution in [2.24, 2.45) is 5.16 Å². The molecule has 0 amide bonds. The minimum Gasteiger partial charge on any atom is -0.396 e. The number of nitrogens with one attached hydrogen (secondary N) is 1. The fourth-order valence-corrected chi connectivity index (χ4v) is 2.55. The van der Waals surface area contributed by atoms with E-state index in [0.717, 1.165) is 11.8 Å². The first-order chi connectivity index (χ1) is 13.1. The van der Waals surface area contributed by atoms with Crippen molar-refractivity contribution in [3.05, 3.63) is 59.7 Å². The summed E-state index contributed by atoms with van der Waals surface area (Å²) >= 11 is 0. The molecule has 27 heavy (non-hydrogen) atoms. The number of benzene rings is 1. The van der Waals surface area contributed by atoms with E-state index in [0.29, 0.717) is 40.6 Å². The highest BCUT2D eigenvalue weighted by Gasteiger charge is 2.09. The number of pyridine rings is 2. The van der Waals surface area contributed by atoms with E-state index in [1.807, 2.05) is 26.0 Å². The zero-order valence-corrected chi connectivity index (χ0v) is 15.4. The number of hydrogen-bond donors (Lipinski definition) is 2. The van der Waals surface area contributed by atoms with Gasteiger partial charge in [0.25, 0.3) is 0 Å². The lowest BCUT2D eigenvalue weighted by Crippen LogP contribution is -2.09. The summed E-state index contributed by atoms with van der Waals surface area (Å²) in [6.07, 6.45) is 2.52. The molecule has 6 nitrogen and oxygen atoms in total. The van der Waals surface area contributed by atoms with Gasteiger partial charge in [-0.3, -0.25) is 4.98 Å². The predicted octanol–water partition coefficient (Wildman–Crippen LogP) is 4.11. The minimum absolute atomic E-state index is 0.250. The summed E-state index contributed by atoms with van der Waals surface area (Å²) in [5.74, 6) is 0.150. The second-order valence-electron chi connectivity index (χ2n) is 6.14. The largest absolute Gasteiger partial charge is 0.396 e. The Bertz CT molecular complexity index is 974. The third-order valence-corrected chi connectivity index (χ3v) is 4.01. The smallest absolute Gasteiger partial charge is 0.150 e. The number of nitrogens with two attached hydrogens (primary N) is 1. The molecule has 0 unspecified atom stereocenters. The highest BCUT2D eigenvalue weighted by Crippen LogP contribution is 2.21. The second kappa shape index (κ2) is 8.44. The summed E-state index contributed by atoms with van der Waals surface area (Å²) < 4.78 is 14.3. The quantitative estimate of drug-likeness (QED) is 0.373. The Balaban J connectivity index is 1.79. The van der Waals surface area contributed by atoms with E-state index in [2.05, 4.69) is 20.4 Å². The summed E-state index contributed by atoms with van der Waals surface area (Å²) in [6.45, 7) is 4.62. The molecule has 3 N–H and O–H groups in total. The van der Waals surface area contributed by atoms with Gasteiger partial charge in [-0.15, -0.1) is 0 Å². The van der Waals surface area contributed by atoms with E-state index in [-0.39, 0.29) is 12.4 Å². The van der Waals surface area contributed by atoms with E-state index in [9.17, 15) is 4.39 Å². The Morgan fingerprint density at radius 2 is 2.15 bits per heavy atom. The first-order valence-electron chi connectivity index (χ1n) is 8.79. The summed E-state index contributed by atoms with van der Waals surface area (Å²) in [4.78, 5) is 13.8. The van der Waals surface area contributed by atoms with Crippen LogP contribution >= 0.6 is 0 Å². The van der Waals surface area contributed by atoms with E-state index >= 15 is 0 Å². The van der Waals surface area contributed by atoms with Crippen LogP contribution in [0.5, 0.6) is 0 Å². The number of rotatable bonds is 7. The number of fused-ring (bicyclic) bond motifs is 1. The van der Waals surface area contributed by atoms with Gasteiger partial charge in [-0.25, -0.2) is 9.37 Å². The van der Waals surface area contributed by atoms with Crippen molar-refractivity contribution in [1.29, 1.82) is 0 Å². The van der Waals surface area contributed by atoms with Crippen molar-refractivity contribution in [1.82, 2.24) is 9.97 Å². The van der Waals surface area contributed by atoms with Crippen molar-refractivity contribution < 1.29 is 9.23 Å². The van der Waals surface area contributed by atoms with Crippen LogP contribution in [-0.2, 0) is 11.4 Å². The summed E-state index contributed by atoms with van der Waals surface area (Å²) in [7, 11) is 0. The molecule has 0 atom stereocenters. The van der Waals surface area contributed by atoms with Crippen LogP contribution in [-0.4, -0.2) is 22.3 Å². The maximum Gasteiger partial charge on any atom is 0.150 e. The number of nitrogens with zero attached hydrogens (tertiary/aromatic N) is 3. The third-order valence-electron chi connectivity index (χ3n) is 4.01. The fourth-order valence-electron chi connectivity index (χ4n) is 2.55. The molecule has 0 saturated carbocycles. The van der Waals surface area contributed by atoms with Crippen LogP contribution in [0.1, 0.15) is 31.5 Å². The molecule has 0 radical (unpaired) electrons. The molecule has 0 aliphatic heterocycles. The number of aromatic nitrogens is 2. The van der Waals surface area contributed by atoms with Crippen LogP contribution < -0.4 is 11.1 Å². The summed E-state index contributed by atoms with van der Waals surface area (Å²) in [6, 6.07) is 10.4. The highest BCUT2D eigenvalue weighted by atomic mass is 19.1. The standard InChI is InChI=1S/C20H22FN5O/c1-3-9-27-26-13(2)18-7-6-17(22)20(25-18)24-12-15-10-14-5-4-8-23-19(14)11-16(15)21/h4-8,10-11H,3,9,12,22H2,1-2H3,(H,24,25)/b26-13+. The van der Waals surface area contributed by atoms with E-state index in [4.69, 9.17) is 10.6 Å². The Morgan fingerprint density at radius 3 is 2.96 bits per heavy atom. The van der Waals surface area contributed by atoms with Gasteiger partial charge in [-0.05, 0) is 37.6 Å². The van der Waals surface area contributed by atoms with Gasteiger partial charge in [0.15, 0.2) is 0 Å². The molecular weight excluding hydrogens is 345 g/mol. The van der Waals surface area contributed by atoms with Crippen LogP contribution in [0.15, 0.2) is 47.8 Å². The molecule has 1 aromatic carbocycles. The number of hydrogen-bond acceptors (Lipinski definition) is 6. The zero-order chi connectivity index (χ0) is 19.2. The molecule has 2 heterocycles. The third kappa shape index (κ3) is 4.49. The van der Waals surface area contributed by atoms with Gasteiger partial charge >= 0.3 is 0 Å². The lowest BCUT2D eigenvalue weighted by molar-refractivity contribution is 0.145. The highest BCUT2D eigenvalue weighted by molar-refractivity contribution is 5.97. The molecule has 0 aliphatic carbocycles. The van der Waals surface area contributed by atoms with E-state index < -0.39 is 0 Å². The lowest BCUT2D eigenvalue weighted by Gasteiger charge is -2.11. The Hall–Kier alpha value is -3.22. The normalized spacial score (nSPS) is 11.6. The Morgan fingerprint density at radius 1 is 1.30 bits per heavy atom. The molecule has 140 valence electrons. The van der Waals surface area contributed by atoms with Crippen molar-refractivity contribution >= 4 is 28.1 Å². The van der Waals surface area contributed by atoms with Crippen molar-refractivity contribution in [2.75, 3.05) is 17.7 Å². The van der Waals surface area contributed by atoms with Crippen molar-refractivity contribution in [2.45, 2.75) is 26.8 Å². The van der Waals surface area contributed by atoms with Gasteiger partial charge in [0.1, 0.15) is 24.0 Å². The minimum atomic E-state index is -0.325. The number of oxime groups is 1. The molecule has 0 aliphatic rings. The molecule has 0 bridgehead atoms. The van der Waals surface area contributed by atoms with Gasteiger partial charge < -0.3 is 15.9 Å². The molecular formula is C20H22FN5O. The fraction of sp³-hybridized carbons (Fsp3) is 0.250. The molecule has 7 heteroatoms. The molecule has 3 aromatic rings. The van der Waals surface area contributed by atoms with Crippen LogP contribution in [0, 0.1) is 5.82 Å². The van der Waals surface area contributed by atoms with Crippen LogP contribution in [0.4, 0.5) is 15.9 Å². The first-order valence-corrected chi connectivity index (χ1v) is 8.79. The van der Waals surface area contributed by atoms with Gasteiger partial charge in [0.2, 0.25) is 0 Å². The number of anilines is 2. The zero-order valence-electron chi connectivity index (χ0n) is 15.4. The second-order valence-corrected chi connectivity index (χ2v) is 6.14. The monoisotopic (exact) mass is 367 g/mol. The molecule has 0 saturated heterocycles. The summed E-state index contributed by atoms with van der Waals surface area (Å²) in [5, 5.41) is 8.02. The van der Waals surface area contributed by atoms with E-state index in [1.165, 1.54) is 6.07 Å². The predicted molar refractivity (Wildman–Crippen MR) is 106 cm³/mol. The Kier molecular flexibility index (Phi) is 5.80. The van der Waals surface area contributed by atoms with Gasteiger partial charge in [0.05, 0.1) is 16.9 Å². The summed E-state index contributed by atoms with van der Waals surface area (Å²) in [5.41, 5.74) is 8.91.